The second kappa shape index (κ2) is 9.20. The van der Waals surface area contributed by atoms with E-state index in [0.29, 0.717) is 35.1 Å². The molecule has 2 aromatic rings. The van der Waals surface area contributed by atoms with E-state index in [0.717, 1.165) is 50.2 Å². The van der Waals surface area contributed by atoms with Crippen LogP contribution >= 0.6 is 11.5 Å². The highest BCUT2D eigenvalue weighted by molar-refractivity contribution is 7.07. The molecule has 8 heteroatoms. The number of benzene rings is 1. The molecule has 2 saturated heterocycles. The summed E-state index contributed by atoms with van der Waals surface area (Å²) in [6, 6.07) is 6.69. The Morgan fingerprint density at radius 3 is 2.60 bits per heavy atom. The number of halogens is 1. The predicted octanol–water partition coefficient (Wildman–Crippen LogP) is 3.46. The van der Waals surface area contributed by atoms with Gasteiger partial charge in [0.05, 0.1) is 12.1 Å². The summed E-state index contributed by atoms with van der Waals surface area (Å²) < 4.78 is 17.9. The fourth-order valence-electron chi connectivity index (χ4n) is 4.72. The van der Waals surface area contributed by atoms with Gasteiger partial charge < -0.3 is 9.80 Å². The maximum Gasteiger partial charge on any atom is 0.267 e. The van der Waals surface area contributed by atoms with E-state index in [-0.39, 0.29) is 30.1 Å². The minimum Gasteiger partial charge on any atom is -0.339 e. The molecular weight excluding hydrogens is 403 g/mol. The normalized spacial score (nSPS) is 20.4. The molecule has 6 nitrogen and oxygen atoms in total. The Kier molecular flexibility index (Phi) is 6.41. The number of nitrogens with zero attached hydrogens (tertiary/aromatic N) is 4. The first-order valence-corrected chi connectivity index (χ1v) is 11.4. The Bertz CT molecular complexity index is 910. The summed E-state index contributed by atoms with van der Waals surface area (Å²) in [5.74, 6) is 0.0745. The van der Waals surface area contributed by atoms with Gasteiger partial charge in [0, 0.05) is 25.7 Å². The molecule has 2 aliphatic heterocycles. The minimum absolute atomic E-state index is 0.00895. The Morgan fingerprint density at radius 1 is 1.13 bits per heavy atom. The van der Waals surface area contributed by atoms with E-state index in [4.69, 9.17) is 0 Å². The third-order valence-electron chi connectivity index (χ3n) is 6.39. The van der Waals surface area contributed by atoms with Crippen LogP contribution in [0.2, 0.25) is 0 Å². The summed E-state index contributed by atoms with van der Waals surface area (Å²) in [4.78, 5) is 30.2. The summed E-state index contributed by atoms with van der Waals surface area (Å²) in [6.45, 7) is 3.92. The molecule has 2 aliphatic rings. The number of carbonyl (C=O) groups excluding carboxylic acids is 2. The first-order chi connectivity index (χ1) is 14.5. The van der Waals surface area contributed by atoms with E-state index in [2.05, 4.69) is 9.59 Å². The largest absolute Gasteiger partial charge is 0.339 e. The maximum absolute atomic E-state index is 14.0. The van der Waals surface area contributed by atoms with Crippen molar-refractivity contribution in [3.05, 3.63) is 46.2 Å². The second-order valence-corrected chi connectivity index (χ2v) is 8.99. The molecular formula is C22H27FN4O2S. The summed E-state index contributed by atoms with van der Waals surface area (Å²) in [7, 11) is 0. The van der Waals surface area contributed by atoms with Gasteiger partial charge in [-0.15, -0.1) is 5.10 Å². The molecule has 0 spiro atoms. The molecule has 3 heterocycles. The fraction of sp³-hybridized carbons (Fsp3) is 0.545. The molecule has 0 radical (unpaired) electrons. The molecule has 1 aromatic heterocycles. The molecule has 2 fully saturated rings. The Morgan fingerprint density at radius 2 is 1.90 bits per heavy atom. The summed E-state index contributed by atoms with van der Waals surface area (Å²) in [5, 5.41) is 3.94. The maximum atomic E-state index is 14.0. The standard InChI is InChI=1S/C22H27FN4O2S/c1-15-21(30-25-24-15)22(29)26-12-9-16(10-13-26)19-8-4-5-11-27(19)20(28)14-17-6-2-3-7-18(17)23/h2-3,6-7,16,19H,4-5,8-14H2,1H3/t19-/m0/s1. The molecule has 1 aromatic carbocycles. The lowest BCUT2D eigenvalue weighted by Gasteiger charge is -2.43. The first kappa shape index (κ1) is 20.9. The van der Waals surface area contributed by atoms with Gasteiger partial charge in [0.15, 0.2) is 0 Å². The quantitative estimate of drug-likeness (QED) is 0.745. The molecule has 0 N–H and O–H groups in total. The molecule has 1 atom stereocenters. The number of rotatable bonds is 4. The van der Waals surface area contributed by atoms with Crippen molar-refractivity contribution in [1.82, 2.24) is 19.4 Å². The summed E-state index contributed by atoms with van der Waals surface area (Å²) in [6.07, 6.45) is 4.96. The highest BCUT2D eigenvalue weighted by atomic mass is 32.1. The van der Waals surface area contributed by atoms with E-state index in [9.17, 15) is 14.0 Å². The SMILES string of the molecule is Cc1nnsc1C(=O)N1CCC([C@@H]2CCCCN2C(=O)Cc2ccccc2F)CC1. The van der Waals surface area contributed by atoms with E-state index in [1.807, 2.05) is 16.7 Å². The Hall–Kier alpha value is -2.35. The Labute approximate surface area is 180 Å². The van der Waals surface area contributed by atoms with Crippen LogP contribution < -0.4 is 0 Å². The summed E-state index contributed by atoms with van der Waals surface area (Å²) >= 11 is 1.15. The first-order valence-electron chi connectivity index (χ1n) is 10.7. The average Bonchev–Trinajstić information content (AvgIpc) is 3.21. The van der Waals surface area contributed by atoms with Crippen molar-refractivity contribution in [2.45, 2.75) is 51.5 Å². The lowest BCUT2D eigenvalue weighted by atomic mass is 9.83. The number of aromatic nitrogens is 2. The van der Waals surface area contributed by atoms with Gasteiger partial charge in [-0.2, -0.15) is 0 Å². The minimum atomic E-state index is -0.320. The number of carbonyl (C=O) groups is 2. The van der Waals surface area contributed by atoms with E-state index in [1.165, 1.54) is 6.07 Å². The van der Waals surface area contributed by atoms with E-state index < -0.39 is 0 Å². The molecule has 0 bridgehead atoms. The van der Waals surface area contributed by atoms with Crippen LogP contribution in [-0.4, -0.2) is 56.9 Å². The number of aryl methyl sites for hydroxylation is 1. The second-order valence-electron chi connectivity index (χ2n) is 8.24. The van der Waals surface area contributed by atoms with Gasteiger partial charge >= 0.3 is 0 Å². The topological polar surface area (TPSA) is 66.4 Å². The molecule has 0 unspecified atom stereocenters. The van der Waals surface area contributed by atoms with Crippen LogP contribution in [0.25, 0.3) is 0 Å². The van der Waals surface area contributed by atoms with Crippen molar-refractivity contribution in [3.8, 4) is 0 Å². The number of hydrogen-bond donors (Lipinski definition) is 0. The number of likely N-dealkylation sites (tertiary alicyclic amines) is 2. The van der Waals surface area contributed by atoms with Gasteiger partial charge in [-0.1, -0.05) is 22.7 Å². The van der Waals surface area contributed by atoms with Crippen LogP contribution in [0.15, 0.2) is 24.3 Å². The molecule has 30 heavy (non-hydrogen) atoms. The zero-order valence-electron chi connectivity index (χ0n) is 17.2. The molecule has 160 valence electrons. The zero-order chi connectivity index (χ0) is 21.1. The van der Waals surface area contributed by atoms with Gasteiger partial charge in [-0.25, -0.2) is 4.39 Å². The van der Waals surface area contributed by atoms with Crippen molar-refractivity contribution >= 4 is 23.3 Å². The third-order valence-corrected chi connectivity index (χ3v) is 7.20. The highest BCUT2D eigenvalue weighted by Gasteiger charge is 2.36. The molecule has 2 amide bonds. The van der Waals surface area contributed by atoms with Crippen LogP contribution in [0.4, 0.5) is 4.39 Å². The average molecular weight is 431 g/mol. The van der Waals surface area contributed by atoms with E-state index >= 15 is 0 Å². The molecule has 4 rings (SSSR count). The van der Waals surface area contributed by atoms with Crippen molar-refractivity contribution in [2.75, 3.05) is 19.6 Å². The van der Waals surface area contributed by atoms with Crippen molar-refractivity contribution < 1.29 is 14.0 Å². The van der Waals surface area contributed by atoms with Crippen molar-refractivity contribution in [3.63, 3.8) is 0 Å². The van der Waals surface area contributed by atoms with Gasteiger partial charge in [-0.3, -0.25) is 9.59 Å². The third kappa shape index (κ3) is 4.38. The van der Waals surface area contributed by atoms with Gasteiger partial charge in [0.1, 0.15) is 10.7 Å². The fourth-order valence-corrected chi connectivity index (χ4v) is 5.35. The van der Waals surface area contributed by atoms with E-state index in [1.54, 1.807) is 18.2 Å². The van der Waals surface area contributed by atoms with Gasteiger partial charge in [0.2, 0.25) is 5.91 Å². The van der Waals surface area contributed by atoms with Crippen molar-refractivity contribution in [2.24, 2.45) is 5.92 Å². The smallest absolute Gasteiger partial charge is 0.267 e. The number of hydrogen-bond acceptors (Lipinski definition) is 5. The monoisotopic (exact) mass is 430 g/mol. The van der Waals surface area contributed by atoms with Crippen LogP contribution in [0.5, 0.6) is 0 Å². The lowest BCUT2D eigenvalue weighted by molar-refractivity contribution is -0.136. The van der Waals surface area contributed by atoms with Crippen LogP contribution in [0.1, 0.15) is 53.0 Å². The number of amides is 2. The van der Waals surface area contributed by atoms with Gasteiger partial charge in [-0.05, 0) is 68.1 Å². The van der Waals surface area contributed by atoms with Crippen LogP contribution in [0.3, 0.4) is 0 Å². The zero-order valence-corrected chi connectivity index (χ0v) is 18.0. The highest BCUT2D eigenvalue weighted by Crippen LogP contribution is 2.32. The molecule has 0 saturated carbocycles. The number of piperidine rings is 2. The van der Waals surface area contributed by atoms with Gasteiger partial charge in [0.25, 0.3) is 5.91 Å². The molecule has 0 aliphatic carbocycles. The van der Waals surface area contributed by atoms with Crippen LogP contribution in [-0.2, 0) is 11.2 Å². The predicted molar refractivity (Wildman–Crippen MR) is 113 cm³/mol. The van der Waals surface area contributed by atoms with Crippen molar-refractivity contribution in [1.29, 1.82) is 0 Å². The Balaban J connectivity index is 1.39. The lowest BCUT2D eigenvalue weighted by Crippen LogP contribution is -2.51. The van der Waals surface area contributed by atoms with Crippen LogP contribution in [0, 0.1) is 18.7 Å². The summed E-state index contributed by atoms with van der Waals surface area (Å²) in [5.41, 5.74) is 1.14.